The number of halogens is 1. The molecular weight excluding hydrogens is 253 g/mol. The molecule has 0 unspecified atom stereocenters. The van der Waals surface area contributed by atoms with E-state index >= 15 is 0 Å². The van der Waals surface area contributed by atoms with Crippen molar-refractivity contribution in [2.45, 2.75) is 33.3 Å². The Morgan fingerprint density at radius 3 is 2.55 bits per heavy atom. The molecule has 106 valence electrons. The van der Waals surface area contributed by atoms with Crippen LogP contribution in [0.3, 0.4) is 0 Å². The molecule has 0 aliphatic carbocycles. The molecule has 0 aromatic heterocycles. The van der Waals surface area contributed by atoms with Gasteiger partial charge in [-0.15, -0.1) is 0 Å². The van der Waals surface area contributed by atoms with Gasteiger partial charge in [-0.25, -0.2) is 4.39 Å². The highest BCUT2D eigenvalue weighted by atomic mass is 19.1. The van der Waals surface area contributed by atoms with Gasteiger partial charge in [0.2, 0.25) is 0 Å². The molecule has 0 heterocycles. The number of benzene rings is 2. The highest BCUT2D eigenvalue weighted by molar-refractivity contribution is 5.46. The van der Waals surface area contributed by atoms with E-state index in [1.807, 2.05) is 12.1 Å². The Morgan fingerprint density at radius 2 is 1.90 bits per heavy atom. The fourth-order valence-corrected chi connectivity index (χ4v) is 2.25. The van der Waals surface area contributed by atoms with Gasteiger partial charge in [-0.3, -0.25) is 0 Å². The van der Waals surface area contributed by atoms with Crippen molar-refractivity contribution in [3.63, 3.8) is 0 Å². The zero-order chi connectivity index (χ0) is 14.7. The van der Waals surface area contributed by atoms with Crippen molar-refractivity contribution < 1.29 is 9.13 Å². The molecule has 0 saturated carbocycles. The third-order valence-electron chi connectivity index (χ3n) is 3.36. The molecule has 0 fully saturated rings. The predicted octanol–water partition coefficient (Wildman–Crippen LogP) is 4.42. The molecule has 0 atom stereocenters. The van der Waals surface area contributed by atoms with Gasteiger partial charge in [-0.1, -0.05) is 19.9 Å². The van der Waals surface area contributed by atoms with Gasteiger partial charge in [-0.2, -0.15) is 0 Å². The summed E-state index contributed by atoms with van der Waals surface area (Å²) >= 11 is 0. The predicted molar refractivity (Wildman–Crippen MR) is 80.4 cm³/mol. The van der Waals surface area contributed by atoms with Crippen molar-refractivity contribution in [2.75, 3.05) is 5.73 Å². The Kier molecular flexibility index (Phi) is 4.28. The number of aryl methyl sites for hydroxylation is 1. The Labute approximate surface area is 119 Å². The monoisotopic (exact) mass is 273 g/mol. The van der Waals surface area contributed by atoms with E-state index < -0.39 is 0 Å². The summed E-state index contributed by atoms with van der Waals surface area (Å²) in [5.74, 6) is 0.961. The second-order valence-corrected chi connectivity index (χ2v) is 5.30. The largest absolute Gasteiger partial charge is 0.489 e. The first-order valence-corrected chi connectivity index (χ1v) is 6.74. The van der Waals surface area contributed by atoms with Crippen LogP contribution in [-0.4, -0.2) is 0 Å². The van der Waals surface area contributed by atoms with Crippen molar-refractivity contribution in [3.05, 3.63) is 58.9 Å². The lowest BCUT2D eigenvalue weighted by molar-refractivity contribution is 0.306. The van der Waals surface area contributed by atoms with E-state index in [2.05, 4.69) is 26.8 Å². The molecule has 2 aromatic carbocycles. The van der Waals surface area contributed by atoms with Gasteiger partial charge < -0.3 is 10.5 Å². The minimum atomic E-state index is -0.302. The maximum atomic E-state index is 13.2. The van der Waals surface area contributed by atoms with Crippen molar-refractivity contribution in [1.82, 2.24) is 0 Å². The second kappa shape index (κ2) is 5.95. The zero-order valence-electron chi connectivity index (χ0n) is 12.1. The number of ether oxygens (including phenoxy) is 1. The number of hydrogen-bond donors (Lipinski definition) is 1. The summed E-state index contributed by atoms with van der Waals surface area (Å²) < 4.78 is 18.9. The van der Waals surface area contributed by atoms with E-state index in [1.165, 1.54) is 23.3 Å². The van der Waals surface area contributed by atoms with Crippen LogP contribution in [0.1, 0.15) is 36.5 Å². The molecule has 0 radical (unpaired) electrons. The summed E-state index contributed by atoms with van der Waals surface area (Å²) in [7, 11) is 0. The number of rotatable bonds is 4. The summed E-state index contributed by atoms with van der Waals surface area (Å²) in [5, 5.41) is 0. The normalized spacial score (nSPS) is 10.8. The molecule has 2 nitrogen and oxygen atoms in total. The molecule has 0 aliphatic heterocycles. The lowest BCUT2D eigenvalue weighted by Gasteiger charge is -2.13. The smallest absolute Gasteiger partial charge is 0.123 e. The lowest BCUT2D eigenvalue weighted by atomic mass is 9.98. The van der Waals surface area contributed by atoms with E-state index in [4.69, 9.17) is 10.5 Å². The van der Waals surface area contributed by atoms with Crippen LogP contribution in [0.4, 0.5) is 10.1 Å². The number of nitrogen functional groups attached to an aromatic ring is 1. The fraction of sp³-hybridized carbons (Fsp3) is 0.294. The highest BCUT2D eigenvalue weighted by Crippen LogP contribution is 2.24. The van der Waals surface area contributed by atoms with E-state index in [9.17, 15) is 4.39 Å². The minimum absolute atomic E-state index is 0.268. The first-order valence-electron chi connectivity index (χ1n) is 6.74. The fourth-order valence-electron chi connectivity index (χ4n) is 2.25. The summed E-state index contributed by atoms with van der Waals surface area (Å²) in [6.45, 7) is 6.66. The van der Waals surface area contributed by atoms with Crippen molar-refractivity contribution in [2.24, 2.45) is 0 Å². The van der Waals surface area contributed by atoms with Crippen LogP contribution < -0.4 is 10.5 Å². The van der Waals surface area contributed by atoms with Crippen molar-refractivity contribution >= 4 is 5.69 Å². The molecule has 20 heavy (non-hydrogen) atoms. The van der Waals surface area contributed by atoms with Crippen LogP contribution >= 0.6 is 0 Å². The van der Waals surface area contributed by atoms with Gasteiger partial charge in [0.05, 0.1) is 0 Å². The van der Waals surface area contributed by atoms with Crippen LogP contribution in [-0.2, 0) is 6.61 Å². The Morgan fingerprint density at radius 1 is 1.15 bits per heavy atom. The third kappa shape index (κ3) is 3.29. The van der Waals surface area contributed by atoms with Gasteiger partial charge in [0.15, 0.2) is 0 Å². The standard InChI is InChI=1S/C17H20FNO/c1-11(2)16-6-5-15(8-12(16)3)20-10-13-9-14(18)4-7-17(13)19/h4-9,11H,10,19H2,1-3H3. The first kappa shape index (κ1) is 14.4. The molecule has 3 heteroatoms. The Bertz CT molecular complexity index is 608. The van der Waals surface area contributed by atoms with Gasteiger partial charge in [0.25, 0.3) is 0 Å². The zero-order valence-corrected chi connectivity index (χ0v) is 12.1. The van der Waals surface area contributed by atoms with E-state index in [0.29, 0.717) is 17.2 Å². The maximum Gasteiger partial charge on any atom is 0.123 e. The van der Waals surface area contributed by atoms with Gasteiger partial charge in [0.1, 0.15) is 18.2 Å². The average Bonchev–Trinajstić information content (AvgIpc) is 2.39. The van der Waals surface area contributed by atoms with Crippen LogP contribution in [0.25, 0.3) is 0 Å². The molecule has 0 spiro atoms. The minimum Gasteiger partial charge on any atom is -0.489 e. The van der Waals surface area contributed by atoms with Crippen LogP contribution in [0.15, 0.2) is 36.4 Å². The van der Waals surface area contributed by atoms with E-state index in [-0.39, 0.29) is 12.4 Å². The Hall–Kier alpha value is -2.03. The number of nitrogens with two attached hydrogens (primary N) is 1. The molecule has 0 aliphatic rings. The van der Waals surface area contributed by atoms with Gasteiger partial charge >= 0.3 is 0 Å². The number of anilines is 1. The maximum absolute atomic E-state index is 13.2. The van der Waals surface area contributed by atoms with Crippen LogP contribution in [0, 0.1) is 12.7 Å². The molecule has 2 N–H and O–H groups in total. The second-order valence-electron chi connectivity index (χ2n) is 5.30. The summed E-state index contributed by atoms with van der Waals surface area (Å²) in [4.78, 5) is 0. The first-order chi connectivity index (χ1) is 9.47. The quantitative estimate of drug-likeness (QED) is 0.837. The molecular formula is C17H20FNO. The molecule has 0 saturated heterocycles. The topological polar surface area (TPSA) is 35.2 Å². The molecule has 0 amide bonds. The molecule has 2 aromatic rings. The summed E-state index contributed by atoms with van der Waals surface area (Å²) in [6, 6.07) is 10.3. The average molecular weight is 273 g/mol. The third-order valence-corrected chi connectivity index (χ3v) is 3.36. The molecule has 2 rings (SSSR count). The van der Waals surface area contributed by atoms with Crippen LogP contribution in [0.2, 0.25) is 0 Å². The van der Waals surface area contributed by atoms with Crippen molar-refractivity contribution in [1.29, 1.82) is 0 Å². The highest BCUT2D eigenvalue weighted by Gasteiger charge is 2.06. The Balaban J connectivity index is 2.11. The molecule has 0 bridgehead atoms. The van der Waals surface area contributed by atoms with Crippen LogP contribution in [0.5, 0.6) is 5.75 Å². The van der Waals surface area contributed by atoms with Crippen molar-refractivity contribution in [3.8, 4) is 5.75 Å². The van der Waals surface area contributed by atoms with E-state index in [1.54, 1.807) is 6.07 Å². The SMILES string of the molecule is Cc1cc(OCc2cc(F)ccc2N)ccc1C(C)C. The summed E-state index contributed by atoms with van der Waals surface area (Å²) in [6.07, 6.45) is 0. The van der Waals surface area contributed by atoms with Gasteiger partial charge in [-0.05, 0) is 54.3 Å². The number of hydrogen-bond acceptors (Lipinski definition) is 2. The van der Waals surface area contributed by atoms with E-state index in [0.717, 1.165) is 5.75 Å². The van der Waals surface area contributed by atoms with Gasteiger partial charge in [0, 0.05) is 11.3 Å². The summed E-state index contributed by atoms with van der Waals surface area (Å²) in [5.41, 5.74) is 9.51. The lowest BCUT2D eigenvalue weighted by Crippen LogP contribution is -2.01.